The first kappa shape index (κ1) is 13.9. The maximum atomic E-state index is 11.4. The van der Waals surface area contributed by atoms with Crippen molar-refractivity contribution in [2.45, 2.75) is 51.5 Å². The Kier molecular flexibility index (Phi) is 5.72. The van der Waals surface area contributed by atoms with Gasteiger partial charge in [0, 0.05) is 6.04 Å². The van der Waals surface area contributed by atoms with Gasteiger partial charge < -0.3 is 5.11 Å². The monoisotopic (exact) mass is 249 g/mol. The van der Waals surface area contributed by atoms with Gasteiger partial charge in [-0.2, -0.15) is 0 Å². The van der Waals surface area contributed by atoms with Gasteiger partial charge in [0.1, 0.15) is 0 Å². The van der Waals surface area contributed by atoms with E-state index < -0.39 is 10.0 Å². The first-order chi connectivity index (χ1) is 7.57. The zero-order valence-corrected chi connectivity index (χ0v) is 10.8. The summed E-state index contributed by atoms with van der Waals surface area (Å²) in [5, 5.41) is 8.62. The Morgan fingerprint density at radius 3 is 2.38 bits per heavy atom. The Morgan fingerprint density at radius 1 is 1.25 bits per heavy atom. The molecular formula is C11H23NO3S. The number of rotatable bonds is 6. The summed E-state index contributed by atoms with van der Waals surface area (Å²) < 4.78 is 25.5. The Hall–Kier alpha value is -0.130. The molecule has 2 N–H and O–H groups in total. The molecule has 96 valence electrons. The van der Waals surface area contributed by atoms with Crippen LogP contribution in [0.1, 0.15) is 45.4 Å². The van der Waals surface area contributed by atoms with Crippen molar-refractivity contribution in [2.24, 2.45) is 5.92 Å². The largest absolute Gasteiger partial charge is 0.395 e. The lowest BCUT2D eigenvalue weighted by Gasteiger charge is -2.28. The Bertz CT molecular complexity index is 282. The van der Waals surface area contributed by atoms with Crippen molar-refractivity contribution in [3.05, 3.63) is 0 Å². The molecule has 1 saturated carbocycles. The molecule has 0 heterocycles. The van der Waals surface area contributed by atoms with Crippen molar-refractivity contribution in [3.8, 4) is 0 Å². The van der Waals surface area contributed by atoms with Crippen molar-refractivity contribution < 1.29 is 13.5 Å². The number of aliphatic hydroxyl groups excluding tert-OH is 1. The smallest absolute Gasteiger partial charge is 0.214 e. The maximum Gasteiger partial charge on any atom is 0.214 e. The summed E-state index contributed by atoms with van der Waals surface area (Å²) in [4.78, 5) is 0. The number of nitrogens with one attached hydrogen (secondary N) is 1. The zero-order chi connectivity index (χ0) is 12.0. The van der Waals surface area contributed by atoms with E-state index in [0.29, 0.717) is 0 Å². The minimum absolute atomic E-state index is 0.0876. The van der Waals surface area contributed by atoms with E-state index in [2.05, 4.69) is 11.6 Å². The van der Waals surface area contributed by atoms with Gasteiger partial charge in [-0.15, -0.1) is 0 Å². The highest BCUT2D eigenvalue weighted by Gasteiger charge is 2.23. The van der Waals surface area contributed by atoms with Crippen LogP contribution in [0, 0.1) is 5.92 Å². The quantitative estimate of drug-likeness (QED) is 0.744. The van der Waals surface area contributed by atoms with Gasteiger partial charge in [0.2, 0.25) is 10.0 Å². The Morgan fingerprint density at radius 2 is 1.88 bits per heavy atom. The van der Waals surface area contributed by atoms with E-state index in [1.54, 1.807) is 0 Å². The summed E-state index contributed by atoms with van der Waals surface area (Å²) in [6, 6.07) is 0.0876. The molecule has 0 unspecified atom stereocenters. The molecule has 1 aliphatic rings. The molecular weight excluding hydrogens is 226 g/mol. The van der Waals surface area contributed by atoms with E-state index in [-0.39, 0.29) is 18.4 Å². The molecule has 16 heavy (non-hydrogen) atoms. The van der Waals surface area contributed by atoms with E-state index in [9.17, 15) is 8.42 Å². The average Bonchev–Trinajstić information content (AvgIpc) is 2.21. The lowest BCUT2D eigenvalue weighted by Crippen LogP contribution is -2.39. The molecule has 0 aliphatic heterocycles. The number of sulfonamides is 1. The second kappa shape index (κ2) is 6.57. The topological polar surface area (TPSA) is 66.4 Å². The molecule has 0 bridgehead atoms. The van der Waals surface area contributed by atoms with Crippen molar-refractivity contribution in [2.75, 3.05) is 12.4 Å². The third-order valence-corrected chi connectivity index (χ3v) is 4.66. The first-order valence-electron chi connectivity index (χ1n) is 6.18. The normalized spacial score (nSPS) is 26.9. The van der Waals surface area contributed by atoms with Crippen LogP contribution in [0.5, 0.6) is 0 Å². The molecule has 0 aromatic rings. The summed E-state index contributed by atoms with van der Waals surface area (Å²) in [7, 11) is -3.26. The number of hydrogen-bond acceptors (Lipinski definition) is 3. The molecule has 0 aromatic heterocycles. The van der Waals surface area contributed by atoms with E-state index >= 15 is 0 Å². The average molecular weight is 249 g/mol. The highest BCUT2D eigenvalue weighted by molar-refractivity contribution is 7.89. The van der Waals surface area contributed by atoms with Gasteiger partial charge in [0.05, 0.1) is 12.4 Å². The van der Waals surface area contributed by atoms with Crippen LogP contribution in [0.3, 0.4) is 0 Å². The molecule has 1 aliphatic carbocycles. The summed E-state index contributed by atoms with van der Waals surface area (Å²) in [5.74, 6) is 0.602. The molecule has 0 saturated heterocycles. The van der Waals surface area contributed by atoms with Gasteiger partial charge in [0.25, 0.3) is 0 Å². The van der Waals surface area contributed by atoms with Gasteiger partial charge in [-0.3, -0.25) is 0 Å². The van der Waals surface area contributed by atoms with Crippen LogP contribution >= 0.6 is 0 Å². The number of aliphatic hydroxyl groups is 1. The molecule has 0 atom stereocenters. The fraction of sp³-hybridized carbons (Fsp3) is 1.00. The van der Waals surface area contributed by atoms with Crippen LogP contribution < -0.4 is 4.72 Å². The lowest BCUT2D eigenvalue weighted by atomic mass is 9.84. The number of hydrogen-bond donors (Lipinski definition) is 2. The fourth-order valence-electron chi connectivity index (χ4n) is 2.41. The van der Waals surface area contributed by atoms with E-state index in [0.717, 1.165) is 31.6 Å². The van der Waals surface area contributed by atoms with Crippen molar-refractivity contribution >= 4 is 10.0 Å². The standard InChI is InChI=1S/C11H23NO3S/c1-2-3-10-4-6-11(7-5-10)12-16(14,15)9-8-13/h10-13H,2-9H2,1H3. The SMILES string of the molecule is CCCC1CCC(NS(=O)(=O)CCO)CC1. The van der Waals surface area contributed by atoms with Gasteiger partial charge in [0.15, 0.2) is 0 Å². The molecule has 0 radical (unpaired) electrons. The van der Waals surface area contributed by atoms with Gasteiger partial charge in [-0.05, 0) is 31.6 Å². The van der Waals surface area contributed by atoms with Crippen LogP contribution in [0.4, 0.5) is 0 Å². The first-order valence-corrected chi connectivity index (χ1v) is 7.83. The third-order valence-electron chi connectivity index (χ3n) is 3.25. The zero-order valence-electron chi connectivity index (χ0n) is 9.98. The third kappa shape index (κ3) is 4.80. The minimum Gasteiger partial charge on any atom is -0.395 e. The van der Waals surface area contributed by atoms with Crippen LogP contribution in [0.15, 0.2) is 0 Å². The summed E-state index contributed by atoms with van der Waals surface area (Å²) >= 11 is 0. The van der Waals surface area contributed by atoms with Crippen molar-refractivity contribution in [1.29, 1.82) is 0 Å². The molecule has 0 spiro atoms. The molecule has 0 amide bonds. The molecule has 0 aromatic carbocycles. The fourth-order valence-corrected chi connectivity index (χ4v) is 3.51. The van der Waals surface area contributed by atoms with E-state index in [1.165, 1.54) is 12.8 Å². The van der Waals surface area contributed by atoms with Gasteiger partial charge in [-0.1, -0.05) is 19.8 Å². The van der Waals surface area contributed by atoms with Crippen molar-refractivity contribution in [3.63, 3.8) is 0 Å². The van der Waals surface area contributed by atoms with Crippen LogP contribution in [-0.2, 0) is 10.0 Å². The predicted molar refractivity (Wildman–Crippen MR) is 64.7 cm³/mol. The highest BCUT2D eigenvalue weighted by Crippen LogP contribution is 2.27. The Balaban J connectivity index is 2.32. The molecule has 1 rings (SSSR count). The predicted octanol–water partition coefficient (Wildman–Crippen LogP) is 1.26. The van der Waals surface area contributed by atoms with E-state index in [4.69, 9.17) is 5.11 Å². The summed E-state index contributed by atoms with van der Waals surface area (Å²) in [6.45, 7) is 1.89. The minimum atomic E-state index is -3.26. The lowest BCUT2D eigenvalue weighted by molar-refractivity contribution is 0.294. The summed E-state index contributed by atoms with van der Waals surface area (Å²) in [6.07, 6.45) is 6.60. The maximum absolute atomic E-state index is 11.4. The second-order valence-corrected chi connectivity index (χ2v) is 6.54. The Labute approximate surface area is 98.5 Å². The van der Waals surface area contributed by atoms with Gasteiger partial charge in [-0.25, -0.2) is 13.1 Å². The highest BCUT2D eigenvalue weighted by atomic mass is 32.2. The molecule has 5 heteroatoms. The van der Waals surface area contributed by atoms with Crippen molar-refractivity contribution in [1.82, 2.24) is 4.72 Å². The van der Waals surface area contributed by atoms with Crippen LogP contribution in [0.2, 0.25) is 0 Å². The summed E-state index contributed by atoms with van der Waals surface area (Å²) in [5.41, 5.74) is 0. The van der Waals surface area contributed by atoms with Crippen LogP contribution in [-0.4, -0.2) is 31.9 Å². The van der Waals surface area contributed by atoms with Crippen LogP contribution in [0.25, 0.3) is 0 Å². The van der Waals surface area contributed by atoms with E-state index in [1.807, 2.05) is 0 Å². The molecule has 4 nitrogen and oxygen atoms in total. The molecule has 1 fully saturated rings. The van der Waals surface area contributed by atoms with Gasteiger partial charge >= 0.3 is 0 Å². The second-order valence-electron chi connectivity index (χ2n) is 4.67.